The van der Waals surface area contributed by atoms with E-state index in [1.54, 1.807) is 36.5 Å². The van der Waals surface area contributed by atoms with Crippen LogP contribution in [0.1, 0.15) is 12.0 Å². The van der Waals surface area contributed by atoms with Crippen molar-refractivity contribution in [1.29, 1.82) is 0 Å². The molecule has 1 amide bonds. The van der Waals surface area contributed by atoms with Crippen molar-refractivity contribution in [2.24, 2.45) is 0 Å². The van der Waals surface area contributed by atoms with E-state index in [1.165, 1.54) is 36.4 Å². The van der Waals surface area contributed by atoms with Crippen LogP contribution in [0.3, 0.4) is 0 Å². The van der Waals surface area contributed by atoms with Crippen LogP contribution in [-0.4, -0.2) is 25.9 Å². The van der Waals surface area contributed by atoms with Crippen molar-refractivity contribution in [3.8, 4) is 11.6 Å². The fourth-order valence-electron chi connectivity index (χ4n) is 2.47. The normalized spacial score (nSPS) is 11.1. The van der Waals surface area contributed by atoms with E-state index >= 15 is 0 Å². The lowest BCUT2D eigenvalue weighted by molar-refractivity contribution is -0.121. The highest BCUT2D eigenvalue weighted by atomic mass is 32.2. The molecular formula is C21H20FN3O4S. The van der Waals surface area contributed by atoms with E-state index in [0.29, 0.717) is 11.6 Å². The lowest BCUT2D eigenvalue weighted by Crippen LogP contribution is -2.30. The second-order valence-electron chi connectivity index (χ2n) is 6.30. The molecule has 9 heteroatoms. The van der Waals surface area contributed by atoms with Crippen molar-refractivity contribution >= 4 is 15.9 Å². The smallest absolute Gasteiger partial charge is 0.240 e. The second kappa shape index (κ2) is 9.95. The van der Waals surface area contributed by atoms with Gasteiger partial charge in [0.25, 0.3) is 0 Å². The molecule has 2 N–H and O–H groups in total. The molecule has 1 aromatic heterocycles. The Labute approximate surface area is 174 Å². The van der Waals surface area contributed by atoms with Crippen LogP contribution < -0.4 is 14.8 Å². The Hall–Kier alpha value is -3.30. The molecule has 0 aliphatic carbocycles. The van der Waals surface area contributed by atoms with Gasteiger partial charge >= 0.3 is 0 Å². The number of sulfonamides is 1. The summed E-state index contributed by atoms with van der Waals surface area (Å²) in [6, 6.07) is 16.9. The SMILES string of the molecule is O=C(CCNS(=O)(=O)c1ccccc1)NCc1ccc(Oc2ccc(F)cc2)nc1. The van der Waals surface area contributed by atoms with Crippen LogP contribution >= 0.6 is 0 Å². The van der Waals surface area contributed by atoms with E-state index in [1.807, 2.05) is 0 Å². The molecule has 7 nitrogen and oxygen atoms in total. The number of amides is 1. The maximum atomic E-state index is 12.9. The predicted octanol–water partition coefficient (Wildman–Crippen LogP) is 3.00. The highest BCUT2D eigenvalue weighted by Gasteiger charge is 2.13. The van der Waals surface area contributed by atoms with Crippen molar-refractivity contribution in [2.45, 2.75) is 17.9 Å². The Morgan fingerprint density at radius 3 is 2.40 bits per heavy atom. The number of nitrogens with zero attached hydrogens (tertiary/aromatic N) is 1. The summed E-state index contributed by atoms with van der Waals surface area (Å²) >= 11 is 0. The minimum absolute atomic E-state index is 0.00521. The molecule has 0 radical (unpaired) electrons. The third-order valence-electron chi connectivity index (χ3n) is 4.02. The monoisotopic (exact) mass is 429 g/mol. The molecule has 3 aromatic rings. The first-order chi connectivity index (χ1) is 14.4. The average Bonchev–Trinajstić information content (AvgIpc) is 2.75. The van der Waals surface area contributed by atoms with Crippen LogP contribution in [0.25, 0.3) is 0 Å². The zero-order chi connectivity index (χ0) is 21.4. The lowest BCUT2D eigenvalue weighted by Gasteiger charge is -2.08. The number of aromatic nitrogens is 1. The van der Waals surface area contributed by atoms with Crippen LogP contribution in [0.4, 0.5) is 4.39 Å². The molecule has 0 fully saturated rings. The van der Waals surface area contributed by atoms with Gasteiger partial charge in [-0.1, -0.05) is 24.3 Å². The third-order valence-corrected chi connectivity index (χ3v) is 5.50. The van der Waals surface area contributed by atoms with Gasteiger partial charge in [0.05, 0.1) is 4.90 Å². The van der Waals surface area contributed by atoms with E-state index in [0.717, 1.165) is 5.56 Å². The van der Waals surface area contributed by atoms with Gasteiger partial charge in [-0.3, -0.25) is 4.79 Å². The van der Waals surface area contributed by atoms with Crippen molar-refractivity contribution in [1.82, 2.24) is 15.0 Å². The molecule has 0 bridgehead atoms. The molecule has 3 rings (SSSR count). The van der Waals surface area contributed by atoms with Crippen LogP contribution in [0.2, 0.25) is 0 Å². The van der Waals surface area contributed by atoms with Crippen LogP contribution in [0.5, 0.6) is 11.6 Å². The summed E-state index contributed by atoms with van der Waals surface area (Å²) in [6.45, 7) is 0.236. The van der Waals surface area contributed by atoms with Gasteiger partial charge in [0.1, 0.15) is 11.6 Å². The van der Waals surface area contributed by atoms with Gasteiger partial charge in [0.15, 0.2) is 0 Å². The Balaban J connectivity index is 1.42. The number of pyridine rings is 1. The molecule has 0 saturated carbocycles. The summed E-state index contributed by atoms with van der Waals surface area (Å²) in [7, 11) is -3.63. The molecule has 0 aliphatic heterocycles. The van der Waals surface area contributed by atoms with Gasteiger partial charge < -0.3 is 10.1 Å². The maximum Gasteiger partial charge on any atom is 0.240 e. The fraction of sp³-hybridized carbons (Fsp3) is 0.143. The molecule has 0 unspecified atom stereocenters. The summed E-state index contributed by atoms with van der Waals surface area (Å²) < 4.78 is 45.0. The highest BCUT2D eigenvalue weighted by molar-refractivity contribution is 7.89. The topological polar surface area (TPSA) is 97.4 Å². The number of halogens is 1. The van der Waals surface area contributed by atoms with Crippen molar-refractivity contribution in [3.63, 3.8) is 0 Å². The van der Waals surface area contributed by atoms with Gasteiger partial charge in [-0.2, -0.15) is 0 Å². The zero-order valence-corrected chi connectivity index (χ0v) is 16.7. The van der Waals surface area contributed by atoms with Crippen LogP contribution in [0, 0.1) is 5.82 Å². The van der Waals surface area contributed by atoms with Gasteiger partial charge in [-0.15, -0.1) is 0 Å². The largest absolute Gasteiger partial charge is 0.439 e. The molecular weight excluding hydrogens is 409 g/mol. The number of carbonyl (C=O) groups excluding carboxylic acids is 1. The molecule has 30 heavy (non-hydrogen) atoms. The summed E-state index contributed by atoms with van der Waals surface area (Å²) in [5.74, 6) is 0.154. The van der Waals surface area contributed by atoms with Crippen molar-refractivity contribution in [2.75, 3.05) is 6.54 Å². The van der Waals surface area contributed by atoms with E-state index in [2.05, 4.69) is 15.0 Å². The Bertz CT molecular complexity index is 1070. The quantitative estimate of drug-likeness (QED) is 0.545. The van der Waals surface area contributed by atoms with E-state index in [-0.39, 0.29) is 36.1 Å². The standard InChI is InChI=1S/C21H20FN3O4S/c22-17-7-9-18(10-8-17)29-21-11-6-16(15-24-21)14-23-20(26)12-13-25-30(27,28)19-4-2-1-3-5-19/h1-11,15,25H,12-14H2,(H,23,26). The van der Waals surface area contributed by atoms with E-state index < -0.39 is 10.0 Å². The Morgan fingerprint density at radius 1 is 1.00 bits per heavy atom. The van der Waals surface area contributed by atoms with Gasteiger partial charge in [-0.25, -0.2) is 22.5 Å². The van der Waals surface area contributed by atoms with Crippen LogP contribution in [0.15, 0.2) is 77.8 Å². The summed E-state index contributed by atoms with van der Waals surface area (Å²) in [4.78, 5) is 16.2. The molecule has 0 atom stereocenters. The van der Waals surface area contributed by atoms with E-state index in [9.17, 15) is 17.6 Å². The second-order valence-corrected chi connectivity index (χ2v) is 8.07. The molecule has 156 valence electrons. The fourth-order valence-corrected chi connectivity index (χ4v) is 3.52. The Morgan fingerprint density at radius 2 is 1.73 bits per heavy atom. The zero-order valence-electron chi connectivity index (χ0n) is 15.9. The van der Waals surface area contributed by atoms with Crippen LogP contribution in [-0.2, 0) is 21.4 Å². The number of hydrogen-bond acceptors (Lipinski definition) is 5. The van der Waals surface area contributed by atoms with Crippen molar-refractivity contribution in [3.05, 3.63) is 84.3 Å². The third kappa shape index (κ3) is 6.36. The summed E-state index contributed by atoms with van der Waals surface area (Å²) in [6.07, 6.45) is 1.56. The summed E-state index contributed by atoms with van der Waals surface area (Å²) in [5.41, 5.74) is 0.750. The van der Waals surface area contributed by atoms with Crippen molar-refractivity contribution < 1.29 is 22.3 Å². The maximum absolute atomic E-state index is 12.9. The van der Waals surface area contributed by atoms with Gasteiger partial charge in [-0.05, 0) is 42.0 Å². The minimum Gasteiger partial charge on any atom is -0.439 e. The molecule has 2 aromatic carbocycles. The lowest BCUT2D eigenvalue weighted by atomic mass is 10.2. The minimum atomic E-state index is -3.63. The van der Waals surface area contributed by atoms with E-state index in [4.69, 9.17) is 4.74 Å². The predicted molar refractivity (Wildman–Crippen MR) is 109 cm³/mol. The summed E-state index contributed by atoms with van der Waals surface area (Å²) in [5, 5.41) is 2.70. The number of carbonyl (C=O) groups is 1. The number of benzene rings is 2. The first-order valence-electron chi connectivity index (χ1n) is 9.12. The van der Waals surface area contributed by atoms with Gasteiger partial charge in [0.2, 0.25) is 21.8 Å². The number of rotatable bonds is 9. The van der Waals surface area contributed by atoms with Gasteiger partial charge in [0, 0.05) is 31.8 Å². The molecule has 0 spiro atoms. The highest BCUT2D eigenvalue weighted by Crippen LogP contribution is 2.19. The first-order valence-corrected chi connectivity index (χ1v) is 10.6. The first kappa shape index (κ1) is 21.4. The molecule has 0 saturated heterocycles. The molecule has 1 heterocycles. The average molecular weight is 429 g/mol. The number of nitrogens with one attached hydrogen (secondary N) is 2. The Kier molecular flexibility index (Phi) is 7.10. The molecule has 0 aliphatic rings. The number of ether oxygens (including phenoxy) is 1. The number of hydrogen-bond donors (Lipinski definition) is 2.